The highest BCUT2D eigenvalue weighted by Gasteiger charge is 2.46. The third kappa shape index (κ3) is 4.62. The third-order valence-electron chi connectivity index (χ3n) is 6.28. The Hall–Kier alpha value is -1.98. The van der Waals surface area contributed by atoms with Gasteiger partial charge in [0, 0.05) is 31.3 Å². The van der Waals surface area contributed by atoms with Gasteiger partial charge in [0.1, 0.15) is 0 Å². The molecule has 0 aromatic heterocycles. The van der Waals surface area contributed by atoms with Crippen LogP contribution in [-0.2, 0) is 15.8 Å². The summed E-state index contributed by atoms with van der Waals surface area (Å²) >= 11 is 0. The second-order valence-electron chi connectivity index (χ2n) is 8.38. The van der Waals surface area contributed by atoms with E-state index in [1.165, 1.54) is 22.3 Å². The molecule has 4 atom stereocenters. The molecule has 4 nitrogen and oxygen atoms in total. The summed E-state index contributed by atoms with van der Waals surface area (Å²) in [5.74, 6) is 0.719. The number of nitrogens with zero attached hydrogens (tertiary/aromatic N) is 1. The number of likely N-dealkylation sites (tertiary alicyclic amines) is 1. The second-order valence-corrected chi connectivity index (χ2v) is 9.52. The highest BCUT2D eigenvalue weighted by molar-refractivity contribution is 7.82. The molecule has 1 heterocycles. The van der Waals surface area contributed by atoms with Crippen molar-refractivity contribution in [3.8, 4) is 11.1 Å². The fourth-order valence-electron chi connectivity index (χ4n) is 4.66. The van der Waals surface area contributed by atoms with Crippen molar-refractivity contribution in [1.29, 1.82) is 0 Å². The Balaban J connectivity index is 1.46. The Morgan fingerprint density at radius 1 is 1.03 bits per heavy atom. The van der Waals surface area contributed by atoms with Gasteiger partial charge in [-0.3, -0.25) is 4.79 Å². The number of aryl methyl sites for hydroxylation is 1. The Morgan fingerprint density at radius 2 is 1.76 bits per heavy atom. The molecule has 0 bridgehead atoms. The number of nitrogens with one attached hydrogen (secondary N) is 1. The Kier molecular flexibility index (Phi) is 6.16. The van der Waals surface area contributed by atoms with Crippen LogP contribution in [0.2, 0.25) is 0 Å². The summed E-state index contributed by atoms with van der Waals surface area (Å²) in [5, 5.41) is 0. The first-order valence-electron chi connectivity index (χ1n) is 10.6. The van der Waals surface area contributed by atoms with Gasteiger partial charge < -0.3 is 4.90 Å². The van der Waals surface area contributed by atoms with E-state index in [4.69, 9.17) is 0 Å². The summed E-state index contributed by atoms with van der Waals surface area (Å²) in [6, 6.07) is 17.3. The summed E-state index contributed by atoms with van der Waals surface area (Å²) in [7, 11) is -0.996. The van der Waals surface area contributed by atoms with Crippen LogP contribution < -0.4 is 4.72 Å². The van der Waals surface area contributed by atoms with Crippen LogP contribution in [0.3, 0.4) is 0 Å². The van der Waals surface area contributed by atoms with Crippen molar-refractivity contribution in [3.05, 3.63) is 59.7 Å². The number of hydrogen-bond acceptors (Lipinski definition) is 2. The van der Waals surface area contributed by atoms with Gasteiger partial charge in [0.25, 0.3) is 0 Å². The van der Waals surface area contributed by atoms with Crippen LogP contribution in [0.1, 0.15) is 42.7 Å². The average molecular weight is 411 g/mol. The largest absolute Gasteiger partial charge is 0.342 e. The number of amides is 1. The third-order valence-corrected chi connectivity index (χ3v) is 6.94. The van der Waals surface area contributed by atoms with Crippen molar-refractivity contribution in [2.75, 3.05) is 19.3 Å². The number of carbonyl (C=O) groups excluding carboxylic acids is 1. The smallest absolute Gasteiger partial charge is 0.226 e. The van der Waals surface area contributed by atoms with E-state index in [0.717, 1.165) is 38.8 Å². The van der Waals surface area contributed by atoms with E-state index < -0.39 is 11.0 Å². The molecular formula is C24H30N2O2S. The molecule has 5 heteroatoms. The van der Waals surface area contributed by atoms with Gasteiger partial charge in [-0.1, -0.05) is 48.5 Å². The van der Waals surface area contributed by atoms with Crippen molar-refractivity contribution < 1.29 is 9.00 Å². The highest BCUT2D eigenvalue weighted by atomic mass is 32.2. The molecule has 2 fully saturated rings. The summed E-state index contributed by atoms with van der Waals surface area (Å²) in [5.41, 5.74) is 5.09. The lowest BCUT2D eigenvalue weighted by molar-refractivity contribution is -0.132. The lowest BCUT2D eigenvalue weighted by atomic mass is 9.93. The van der Waals surface area contributed by atoms with Crippen LogP contribution in [-0.4, -0.2) is 40.4 Å². The molecule has 2 aromatic carbocycles. The molecule has 4 unspecified atom stereocenters. The predicted octanol–water partition coefficient (Wildman–Crippen LogP) is 4.03. The topological polar surface area (TPSA) is 49.4 Å². The van der Waals surface area contributed by atoms with Crippen LogP contribution in [0.4, 0.5) is 0 Å². The SMILES string of the molecule is Cc1ccccc1-c1ccccc1C1CC1C(=O)N1CCCC(NS(C)=O)CC1. The molecular weight excluding hydrogens is 380 g/mol. The molecule has 1 saturated carbocycles. The fourth-order valence-corrected chi connectivity index (χ4v) is 5.36. The quantitative estimate of drug-likeness (QED) is 0.809. The lowest BCUT2D eigenvalue weighted by Crippen LogP contribution is -2.35. The predicted molar refractivity (Wildman–Crippen MR) is 119 cm³/mol. The number of hydrogen-bond donors (Lipinski definition) is 1. The second kappa shape index (κ2) is 8.80. The van der Waals surface area contributed by atoms with Crippen LogP contribution in [0.15, 0.2) is 48.5 Å². The number of benzene rings is 2. The summed E-state index contributed by atoms with van der Waals surface area (Å²) in [4.78, 5) is 15.2. The molecule has 1 amide bonds. The first-order valence-corrected chi connectivity index (χ1v) is 12.1. The zero-order valence-electron chi connectivity index (χ0n) is 17.3. The molecule has 29 heavy (non-hydrogen) atoms. The van der Waals surface area contributed by atoms with Gasteiger partial charge in [0.2, 0.25) is 5.91 Å². The zero-order chi connectivity index (χ0) is 20.4. The summed E-state index contributed by atoms with van der Waals surface area (Å²) in [6.45, 7) is 3.72. The molecule has 154 valence electrons. The summed E-state index contributed by atoms with van der Waals surface area (Å²) in [6.07, 6.45) is 5.45. The molecule has 0 spiro atoms. The molecule has 1 aliphatic heterocycles. The first kappa shape index (κ1) is 20.3. The minimum atomic E-state index is -0.996. The van der Waals surface area contributed by atoms with Crippen molar-refractivity contribution in [2.24, 2.45) is 5.92 Å². The van der Waals surface area contributed by atoms with Crippen LogP contribution >= 0.6 is 0 Å². The molecule has 2 aliphatic rings. The van der Waals surface area contributed by atoms with Crippen molar-refractivity contribution in [2.45, 2.75) is 44.6 Å². The van der Waals surface area contributed by atoms with Gasteiger partial charge in [0.05, 0.1) is 11.0 Å². The van der Waals surface area contributed by atoms with E-state index in [1.807, 2.05) is 4.90 Å². The van der Waals surface area contributed by atoms with E-state index in [-0.39, 0.29) is 12.0 Å². The van der Waals surface area contributed by atoms with E-state index in [1.54, 1.807) is 6.26 Å². The maximum absolute atomic E-state index is 13.2. The van der Waals surface area contributed by atoms with Crippen molar-refractivity contribution in [1.82, 2.24) is 9.62 Å². The van der Waals surface area contributed by atoms with E-state index in [9.17, 15) is 9.00 Å². The van der Waals surface area contributed by atoms with Gasteiger partial charge in [-0.25, -0.2) is 8.93 Å². The normalized spacial score (nSPS) is 25.3. The van der Waals surface area contributed by atoms with E-state index >= 15 is 0 Å². The zero-order valence-corrected chi connectivity index (χ0v) is 18.1. The van der Waals surface area contributed by atoms with Gasteiger partial charge in [-0.15, -0.1) is 0 Å². The molecule has 1 aliphatic carbocycles. The maximum Gasteiger partial charge on any atom is 0.226 e. The Bertz CT molecular complexity index is 913. The van der Waals surface area contributed by atoms with Gasteiger partial charge in [0.15, 0.2) is 0 Å². The van der Waals surface area contributed by atoms with Crippen LogP contribution in [0.5, 0.6) is 0 Å². The van der Waals surface area contributed by atoms with Gasteiger partial charge in [-0.05, 0) is 60.8 Å². The van der Waals surface area contributed by atoms with E-state index in [0.29, 0.717) is 11.8 Å². The molecule has 4 rings (SSSR count). The monoisotopic (exact) mass is 410 g/mol. The van der Waals surface area contributed by atoms with Gasteiger partial charge in [-0.2, -0.15) is 0 Å². The molecule has 0 radical (unpaired) electrons. The number of carbonyl (C=O) groups is 1. The highest BCUT2D eigenvalue weighted by Crippen LogP contribution is 2.51. The minimum Gasteiger partial charge on any atom is -0.342 e. The lowest BCUT2D eigenvalue weighted by Gasteiger charge is -2.21. The first-order chi connectivity index (χ1) is 14.0. The standard InChI is InChI=1S/C24H30N2O2S/c1-17-8-3-4-10-19(17)20-11-5-6-12-21(20)22-16-23(22)24(27)26-14-7-9-18(13-15-26)25-29(2)28/h3-6,8,10-12,18,22-23,25H,7,9,13-16H2,1-2H3. The molecule has 2 aromatic rings. The average Bonchev–Trinajstić information content (AvgIpc) is 3.52. The fraction of sp³-hybridized carbons (Fsp3) is 0.458. The van der Waals surface area contributed by atoms with E-state index in [2.05, 4.69) is 60.2 Å². The van der Waals surface area contributed by atoms with Crippen LogP contribution in [0.25, 0.3) is 11.1 Å². The Labute approximate surface area is 176 Å². The van der Waals surface area contributed by atoms with Crippen molar-refractivity contribution in [3.63, 3.8) is 0 Å². The maximum atomic E-state index is 13.2. The molecule has 1 N–H and O–H groups in total. The molecule has 1 saturated heterocycles. The van der Waals surface area contributed by atoms with Crippen molar-refractivity contribution >= 4 is 16.9 Å². The van der Waals surface area contributed by atoms with Gasteiger partial charge >= 0.3 is 0 Å². The summed E-state index contributed by atoms with van der Waals surface area (Å²) < 4.78 is 14.6. The Morgan fingerprint density at radius 3 is 2.52 bits per heavy atom. The van der Waals surface area contributed by atoms with Crippen LogP contribution in [0, 0.1) is 12.8 Å². The minimum absolute atomic E-state index is 0.102. The number of rotatable bonds is 5.